The van der Waals surface area contributed by atoms with Gasteiger partial charge in [0.15, 0.2) is 0 Å². The summed E-state index contributed by atoms with van der Waals surface area (Å²) >= 11 is 0. The number of nitrogens with zero attached hydrogens (tertiary/aromatic N) is 3. The first-order valence-corrected chi connectivity index (χ1v) is 8.34. The summed E-state index contributed by atoms with van der Waals surface area (Å²) in [5.74, 6) is 0.435. The molecule has 1 aliphatic rings. The van der Waals surface area contributed by atoms with Crippen LogP contribution in [0.2, 0.25) is 0 Å². The van der Waals surface area contributed by atoms with Crippen molar-refractivity contribution < 1.29 is 4.39 Å². The Kier molecular flexibility index (Phi) is 4.96. The van der Waals surface area contributed by atoms with Crippen LogP contribution in [0.15, 0.2) is 36.8 Å². The summed E-state index contributed by atoms with van der Waals surface area (Å²) in [5, 5.41) is 3.63. The lowest BCUT2D eigenvalue weighted by atomic mass is 10.2. The molecule has 1 fully saturated rings. The topological polar surface area (TPSA) is 33.1 Å². The fourth-order valence-electron chi connectivity index (χ4n) is 3.12. The number of hydrogen-bond acceptors (Lipinski definition) is 3. The van der Waals surface area contributed by atoms with E-state index in [4.69, 9.17) is 0 Å². The van der Waals surface area contributed by atoms with E-state index in [1.54, 1.807) is 0 Å². The van der Waals surface area contributed by atoms with Gasteiger partial charge in [-0.25, -0.2) is 9.37 Å². The average Bonchev–Trinajstić information content (AvgIpc) is 3.15. The summed E-state index contributed by atoms with van der Waals surface area (Å²) in [4.78, 5) is 6.58. The first-order valence-electron chi connectivity index (χ1n) is 8.34. The fourth-order valence-corrected chi connectivity index (χ4v) is 3.12. The summed E-state index contributed by atoms with van der Waals surface area (Å²) < 4.78 is 15.2. The fraction of sp³-hybridized carbons (Fsp3) is 0.500. The van der Waals surface area contributed by atoms with Gasteiger partial charge in [-0.05, 0) is 36.6 Å². The molecule has 3 rings (SSSR count). The maximum Gasteiger partial charge on any atom is 0.123 e. The normalized spacial score (nSPS) is 18.1. The second kappa shape index (κ2) is 7.13. The van der Waals surface area contributed by atoms with Crippen LogP contribution in [-0.4, -0.2) is 28.7 Å². The minimum Gasteiger partial charge on any atom is -0.370 e. The molecule has 0 aliphatic carbocycles. The molecular weight excluding hydrogens is 291 g/mol. The molecule has 0 amide bonds. The van der Waals surface area contributed by atoms with Crippen molar-refractivity contribution in [1.29, 1.82) is 0 Å². The monoisotopic (exact) mass is 316 g/mol. The van der Waals surface area contributed by atoms with Crippen LogP contribution in [0.5, 0.6) is 0 Å². The molecule has 124 valence electrons. The van der Waals surface area contributed by atoms with Crippen molar-refractivity contribution in [2.45, 2.75) is 39.4 Å². The van der Waals surface area contributed by atoms with E-state index >= 15 is 0 Å². The van der Waals surface area contributed by atoms with E-state index in [1.807, 2.05) is 24.7 Å². The lowest BCUT2D eigenvalue weighted by Crippen LogP contribution is -2.32. The Morgan fingerprint density at radius 1 is 1.30 bits per heavy atom. The van der Waals surface area contributed by atoms with Crippen molar-refractivity contribution in [3.8, 4) is 0 Å². The number of imidazole rings is 1. The molecule has 2 aromatic rings. The highest BCUT2D eigenvalue weighted by molar-refractivity contribution is 5.47. The summed E-state index contributed by atoms with van der Waals surface area (Å²) in [5.41, 5.74) is 2.33. The number of aromatic nitrogens is 2. The predicted octanol–water partition coefficient (Wildman–Crippen LogP) is 3.05. The first-order chi connectivity index (χ1) is 11.1. The van der Waals surface area contributed by atoms with Gasteiger partial charge in [-0.15, -0.1) is 0 Å². The van der Waals surface area contributed by atoms with Crippen molar-refractivity contribution in [3.63, 3.8) is 0 Å². The lowest BCUT2D eigenvalue weighted by molar-refractivity contribution is 0.484. The third-order valence-corrected chi connectivity index (χ3v) is 4.31. The number of hydrogen-bond donors (Lipinski definition) is 1. The zero-order valence-corrected chi connectivity index (χ0v) is 13.9. The van der Waals surface area contributed by atoms with E-state index in [9.17, 15) is 4.39 Å². The maximum atomic E-state index is 13.0. The van der Waals surface area contributed by atoms with E-state index in [-0.39, 0.29) is 5.82 Å². The van der Waals surface area contributed by atoms with Crippen LogP contribution in [0.3, 0.4) is 0 Å². The number of rotatable bonds is 6. The molecule has 0 saturated carbocycles. The minimum atomic E-state index is -0.180. The molecule has 5 heteroatoms. The standard InChI is InChI=1S/C18H25FN4/c1-14(2)11-23-13-20-9-18(23)10-21-16-7-8-22(12-16)17-5-3-15(19)4-6-17/h3-6,9,13-14,16,21H,7-8,10-12H2,1-2H3/t16-/m1/s1. The summed E-state index contributed by atoms with van der Waals surface area (Å²) in [6.45, 7) is 8.25. The Morgan fingerprint density at radius 2 is 2.09 bits per heavy atom. The predicted molar refractivity (Wildman–Crippen MR) is 90.9 cm³/mol. The van der Waals surface area contributed by atoms with Crippen molar-refractivity contribution in [2.24, 2.45) is 5.92 Å². The van der Waals surface area contributed by atoms with Crippen LogP contribution in [0.1, 0.15) is 26.0 Å². The maximum absolute atomic E-state index is 13.0. The van der Waals surface area contributed by atoms with Gasteiger partial charge in [-0.2, -0.15) is 0 Å². The zero-order chi connectivity index (χ0) is 16.2. The average molecular weight is 316 g/mol. The molecule has 2 heterocycles. The molecule has 1 aliphatic heterocycles. The molecule has 1 N–H and O–H groups in total. The Bertz CT molecular complexity index is 620. The van der Waals surface area contributed by atoms with Gasteiger partial charge in [-0.1, -0.05) is 13.8 Å². The van der Waals surface area contributed by atoms with Gasteiger partial charge in [0.1, 0.15) is 5.82 Å². The molecule has 0 bridgehead atoms. The second-order valence-corrected chi connectivity index (χ2v) is 6.72. The molecule has 1 aromatic carbocycles. The van der Waals surface area contributed by atoms with Crippen molar-refractivity contribution in [3.05, 3.63) is 48.3 Å². The van der Waals surface area contributed by atoms with Gasteiger partial charge in [0.05, 0.1) is 12.0 Å². The highest BCUT2D eigenvalue weighted by atomic mass is 19.1. The number of nitrogens with one attached hydrogen (secondary N) is 1. The van der Waals surface area contributed by atoms with E-state index in [2.05, 4.69) is 33.6 Å². The molecular formula is C18H25FN4. The van der Waals surface area contributed by atoms with E-state index in [1.165, 1.54) is 17.8 Å². The van der Waals surface area contributed by atoms with Crippen LogP contribution < -0.4 is 10.2 Å². The third-order valence-electron chi connectivity index (χ3n) is 4.31. The summed E-state index contributed by atoms with van der Waals surface area (Å²) in [6, 6.07) is 7.23. The summed E-state index contributed by atoms with van der Waals surface area (Å²) in [6.07, 6.45) is 4.97. The van der Waals surface area contributed by atoms with Crippen LogP contribution in [0, 0.1) is 11.7 Å². The number of halogens is 1. The quantitative estimate of drug-likeness (QED) is 0.889. The lowest BCUT2D eigenvalue weighted by Gasteiger charge is -2.19. The van der Waals surface area contributed by atoms with E-state index < -0.39 is 0 Å². The molecule has 1 saturated heterocycles. The van der Waals surface area contributed by atoms with Gasteiger partial charge < -0.3 is 14.8 Å². The molecule has 23 heavy (non-hydrogen) atoms. The van der Waals surface area contributed by atoms with Crippen molar-refractivity contribution in [1.82, 2.24) is 14.9 Å². The van der Waals surface area contributed by atoms with Gasteiger partial charge in [0, 0.05) is 44.1 Å². The van der Waals surface area contributed by atoms with Crippen molar-refractivity contribution >= 4 is 5.69 Å². The van der Waals surface area contributed by atoms with Crippen LogP contribution >= 0.6 is 0 Å². The minimum absolute atomic E-state index is 0.180. The second-order valence-electron chi connectivity index (χ2n) is 6.72. The first kappa shape index (κ1) is 16.0. The van der Waals surface area contributed by atoms with Crippen molar-refractivity contribution in [2.75, 3.05) is 18.0 Å². The Morgan fingerprint density at radius 3 is 2.83 bits per heavy atom. The highest BCUT2D eigenvalue weighted by Crippen LogP contribution is 2.20. The molecule has 0 unspecified atom stereocenters. The molecule has 0 radical (unpaired) electrons. The van der Waals surface area contributed by atoms with Crippen LogP contribution in [-0.2, 0) is 13.1 Å². The molecule has 0 spiro atoms. The van der Waals surface area contributed by atoms with Gasteiger partial charge in [0.2, 0.25) is 0 Å². The largest absolute Gasteiger partial charge is 0.370 e. The van der Waals surface area contributed by atoms with Gasteiger partial charge >= 0.3 is 0 Å². The van der Waals surface area contributed by atoms with Crippen LogP contribution in [0.25, 0.3) is 0 Å². The third kappa shape index (κ3) is 4.10. The van der Waals surface area contributed by atoms with E-state index in [0.29, 0.717) is 12.0 Å². The van der Waals surface area contributed by atoms with Gasteiger partial charge in [0.25, 0.3) is 0 Å². The molecule has 1 aromatic heterocycles. The Hall–Kier alpha value is -1.88. The number of anilines is 1. The summed E-state index contributed by atoms with van der Waals surface area (Å²) in [7, 11) is 0. The molecule has 1 atom stereocenters. The van der Waals surface area contributed by atoms with Crippen LogP contribution in [0.4, 0.5) is 10.1 Å². The highest BCUT2D eigenvalue weighted by Gasteiger charge is 2.22. The molecule has 4 nitrogen and oxygen atoms in total. The number of benzene rings is 1. The van der Waals surface area contributed by atoms with Gasteiger partial charge in [-0.3, -0.25) is 0 Å². The Balaban J connectivity index is 1.52. The SMILES string of the molecule is CC(C)Cn1cncc1CN[C@@H]1CCN(c2ccc(F)cc2)C1. The Labute approximate surface area is 137 Å². The smallest absolute Gasteiger partial charge is 0.123 e. The zero-order valence-electron chi connectivity index (χ0n) is 13.9. The van der Waals surface area contributed by atoms with E-state index in [0.717, 1.165) is 38.3 Å².